The first-order valence-corrected chi connectivity index (χ1v) is 8.16. The van der Waals surface area contributed by atoms with Crippen molar-refractivity contribution in [3.63, 3.8) is 0 Å². The molecule has 0 fully saturated rings. The van der Waals surface area contributed by atoms with Crippen LogP contribution in [0.3, 0.4) is 0 Å². The Balaban J connectivity index is 1.56. The molecular formula is C19H14FN5O2. The molecule has 3 heterocycles. The molecule has 0 atom stereocenters. The normalized spacial score (nSPS) is 10.9. The van der Waals surface area contributed by atoms with Crippen molar-refractivity contribution in [2.75, 3.05) is 0 Å². The van der Waals surface area contributed by atoms with E-state index in [4.69, 9.17) is 0 Å². The van der Waals surface area contributed by atoms with Gasteiger partial charge in [0.1, 0.15) is 5.82 Å². The molecule has 0 radical (unpaired) electrons. The maximum absolute atomic E-state index is 13.2. The third kappa shape index (κ3) is 3.32. The summed E-state index contributed by atoms with van der Waals surface area (Å²) in [6, 6.07) is 12.9. The second kappa shape index (κ2) is 6.83. The number of carbonyl (C=O) groups is 1. The van der Waals surface area contributed by atoms with Crippen LogP contribution in [0.1, 0.15) is 16.1 Å². The van der Waals surface area contributed by atoms with Crippen LogP contribution in [0.2, 0.25) is 0 Å². The molecule has 4 rings (SSSR count). The minimum atomic E-state index is -0.414. The predicted octanol–water partition coefficient (Wildman–Crippen LogP) is 2.15. The van der Waals surface area contributed by atoms with Gasteiger partial charge in [-0.3, -0.25) is 9.78 Å². The van der Waals surface area contributed by atoms with E-state index < -0.39 is 5.69 Å². The van der Waals surface area contributed by atoms with Gasteiger partial charge in [-0.15, -0.1) is 0 Å². The average Bonchev–Trinajstić information content (AvgIpc) is 3.07. The Morgan fingerprint density at radius 2 is 1.96 bits per heavy atom. The molecule has 2 N–H and O–H groups in total. The summed E-state index contributed by atoms with van der Waals surface area (Å²) in [5.41, 5.74) is 2.60. The highest BCUT2D eigenvalue weighted by Crippen LogP contribution is 2.22. The van der Waals surface area contributed by atoms with Crippen LogP contribution < -0.4 is 11.0 Å². The molecule has 0 bridgehead atoms. The van der Waals surface area contributed by atoms with Crippen molar-refractivity contribution >= 4 is 11.6 Å². The molecule has 7 nitrogen and oxygen atoms in total. The van der Waals surface area contributed by atoms with Gasteiger partial charge in [0.15, 0.2) is 5.65 Å². The maximum Gasteiger partial charge on any atom is 0.347 e. The fraction of sp³-hybridized carbons (Fsp3) is 0.0526. The molecule has 8 heteroatoms. The number of pyridine rings is 2. The van der Waals surface area contributed by atoms with E-state index in [1.165, 1.54) is 22.7 Å². The number of fused-ring (bicyclic) bond motifs is 1. The number of H-pyrrole nitrogens is 1. The molecule has 0 saturated carbocycles. The standard InChI is InChI=1S/C19H14FN5O2/c20-14-6-3-12(4-7-14)15-2-1-9-21-16(15)10-22-18(26)13-5-8-17-23-24-19(27)25(17)11-13/h1-9,11H,10H2,(H,22,26)(H,24,27). The van der Waals surface area contributed by atoms with E-state index in [2.05, 4.69) is 20.5 Å². The van der Waals surface area contributed by atoms with Crippen molar-refractivity contribution < 1.29 is 9.18 Å². The van der Waals surface area contributed by atoms with Gasteiger partial charge < -0.3 is 5.32 Å². The highest BCUT2D eigenvalue weighted by Gasteiger charge is 2.11. The van der Waals surface area contributed by atoms with E-state index in [-0.39, 0.29) is 18.3 Å². The molecule has 134 valence electrons. The maximum atomic E-state index is 13.2. The van der Waals surface area contributed by atoms with Crippen LogP contribution in [0.25, 0.3) is 16.8 Å². The van der Waals surface area contributed by atoms with Gasteiger partial charge in [0.05, 0.1) is 17.8 Å². The van der Waals surface area contributed by atoms with Gasteiger partial charge >= 0.3 is 5.69 Å². The molecule has 0 aliphatic heterocycles. The summed E-state index contributed by atoms with van der Waals surface area (Å²) in [4.78, 5) is 28.4. The van der Waals surface area contributed by atoms with Gasteiger partial charge in [0.2, 0.25) is 0 Å². The summed E-state index contributed by atoms with van der Waals surface area (Å²) in [5.74, 6) is -0.664. The zero-order chi connectivity index (χ0) is 18.8. The number of carbonyl (C=O) groups excluding carboxylic acids is 1. The number of nitrogens with one attached hydrogen (secondary N) is 2. The largest absolute Gasteiger partial charge is 0.347 e. The van der Waals surface area contributed by atoms with E-state index in [1.54, 1.807) is 36.5 Å². The first-order valence-electron chi connectivity index (χ1n) is 8.16. The van der Waals surface area contributed by atoms with Crippen LogP contribution in [-0.2, 0) is 6.54 Å². The third-order valence-electron chi connectivity index (χ3n) is 4.14. The Labute approximate surface area is 152 Å². The molecule has 1 aromatic carbocycles. The number of benzene rings is 1. The summed E-state index contributed by atoms with van der Waals surface area (Å²) >= 11 is 0. The summed E-state index contributed by atoms with van der Waals surface area (Å²) in [6.07, 6.45) is 3.06. The quantitative estimate of drug-likeness (QED) is 0.581. The molecule has 4 aromatic rings. The number of aromatic amines is 1. The Kier molecular flexibility index (Phi) is 4.21. The molecule has 0 spiro atoms. The number of aromatic nitrogens is 4. The minimum Gasteiger partial charge on any atom is -0.346 e. The van der Waals surface area contributed by atoms with Crippen LogP contribution in [0.4, 0.5) is 4.39 Å². The monoisotopic (exact) mass is 363 g/mol. The number of nitrogens with zero attached hydrogens (tertiary/aromatic N) is 3. The highest BCUT2D eigenvalue weighted by atomic mass is 19.1. The Morgan fingerprint density at radius 1 is 1.15 bits per heavy atom. The SMILES string of the molecule is O=C(NCc1ncccc1-c1ccc(F)cc1)c1ccc2n[nH]c(=O)n2c1. The molecule has 0 saturated heterocycles. The van der Waals surface area contributed by atoms with Crippen LogP contribution in [0, 0.1) is 5.82 Å². The zero-order valence-electron chi connectivity index (χ0n) is 14.0. The van der Waals surface area contributed by atoms with Crippen molar-refractivity contribution in [2.45, 2.75) is 6.54 Å². The molecular weight excluding hydrogens is 349 g/mol. The number of halogens is 1. The van der Waals surface area contributed by atoms with Crippen molar-refractivity contribution in [3.8, 4) is 11.1 Å². The summed E-state index contributed by atoms with van der Waals surface area (Å²) in [5, 5.41) is 8.93. The number of rotatable bonds is 4. The summed E-state index contributed by atoms with van der Waals surface area (Å²) in [6.45, 7) is 0.185. The second-order valence-corrected chi connectivity index (χ2v) is 5.86. The van der Waals surface area contributed by atoms with Crippen LogP contribution in [0.15, 0.2) is 65.7 Å². The van der Waals surface area contributed by atoms with E-state index in [1.807, 2.05) is 6.07 Å². The molecule has 27 heavy (non-hydrogen) atoms. The van der Waals surface area contributed by atoms with E-state index in [0.717, 1.165) is 11.1 Å². The van der Waals surface area contributed by atoms with E-state index in [0.29, 0.717) is 16.9 Å². The molecule has 3 aromatic heterocycles. The number of hydrogen-bond acceptors (Lipinski definition) is 4. The van der Waals surface area contributed by atoms with Crippen molar-refractivity contribution in [1.82, 2.24) is 24.9 Å². The Hall–Kier alpha value is -3.81. The lowest BCUT2D eigenvalue weighted by atomic mass is 10.0. The van der Waals surface area contributed by atoms with Crippen molar-refractivity contribution in [1.29, 1.82) is 0 Å². The topological polar surface area (TPSA) is 92.2 Å². The zero-order valence-corrected chi connectivity index (χ0v) is 14.0. The van der Waals surface area contributed by atoms with E-state index in [9.17, 15) is 14.0 Å². The molecule has 0 aliphatic carbocycles. The lowest BCUT2D eigenvalue weighted by molar-refractivity contribution is 0.0950. The number of amides is 1. The van der Waals surface area contributed by atoms with Gasteiger partial charge in [-0.25, -0.2) is 18.7 Å². The van der Waals surface area contributed by atoms with Gasteiger partial charge in [-0.05, 0) is 35.9 Å². The van der Waals surface area contributed by atoms with Gasteiger partial charge in [0, 0.05) is 18.0 Å². The fourth-order valence-corrected chi connectivity index (χ4v) is 2.78. The lowest BCUT2D eigenvalue weighted by Crippen LogP contribution is -2.24. The smallest absolute Gasteiger partial charge is 0.346 e. The first kappa shape index (κ1) is 16.6. The highest BCUT2D eigenvalue weighted by molar-refractivity contribution is 5.94. The van der Waals surface area contributed by atoms with E-state index >= 15 is 0 Å². The lowest BCUT2D eigenvalue weighted by Gasteiger charge is -2.10. The van der Waals surface area contributed by atoms with Crippen molar-refractivity contribution in [3.05, 3.63) is 88.5 Å². The van der Waals surface area contributed by atoms with Gasteiger partial charge in [-0.2, -0.15) is 5.10 Å². The molecule has 1 amide bonds. The van der Waals surface area contributed by atoms with Crippen LogP contribution in [-0.4, -0.2) is 25.5 Å². The minimum absolute atomic E-state index is 0.185. The van der Waals surface area contributed by atoms with Gasteiger partial charge in [-0.1, -0.05) is 18.2 Å². The van der Waals surface area contributed by atoms with Crippen LogP contribution in [0.5, 0.6) is 0 Å². The summed E-state index contributed by atoms with van der Waals surface area (Å²) < 4.78 is 14.4. The molecule has 0 unspecified atom stereocenters. The number of hydrogen-bond donors (Lipinski definition) is 2. The van der Waals surface area contributed by atoms with Crippen molar-refractivity contribution in [2.24, 2.45) is 0 Å². The van der Waals surface area contributed by atoms with Gasteiger partial charge in [0.25, 0.3) is 5.91 Å². The Morgan fingerprint density at radius 3 is 2.78 bits per heavy atom. The summed E-state index contributed by atoms with van der Waals surface area (Å²) in [7, 11) is 0. The van der Waals surface area contributed by atoms with Crippen LogP contribution >= 0.6 is 0 Å². The first-order chi connectivity index (χ1) is 13.1. The second-order valence-electron chi connectivity index (χ2n) is 5.86. The average molecular weight is 363 g/mol. The third-order valence-corrected chi connectivity index (χ3v) is 4.14. The molecule has 0 aliphatic rings. The fourth-order valence-electron chi connectivity index (χ4n) is 2.78. The Bertz CT molecular complexity index is 1180. The predicted molar refractivity (Wildman–Crippen MR) is 96.6 cm³/mol.